The Kier molecular flexibility index (Phi) is 5.92. The second-order valence-electron chi connectivity index (χ2n) is 8.60. The summed E-state index contributed by atoms with van der Waals surface area (Å²) in [5.74, 6) is 0. The Hall–Kier alpha value is -2.07. The van der Waals surface area contributed by atoms with Gasteiger partial charge in [-0.3, -0.25) is 19.2 Å². The van der Waals surface area contributed by atoms with Crippen LogP contribution in [0.25, 0.3) is 10.8 Å². The van der Waals surface area contributed by atoms with E-state index in [1.54, 1.807) is 28.9 Å². The maximum absolute atomic E-state index is 13.1. The number of aryl methyl sites for hydroxylation is 1. The van der Waals surface area contributed by atoms with Crippen molar-refractivity contribution in [3.63, 3.8) is 0 Å². The van der Waals surface area contributed by atoms with E-state index < -0.39 is 0 Å². The Balaban J connectivity index is 1.25. The molecule has 0 bridgehead atoms. The van der Waals surface area contributed by atoms with Crippen LogP contribution in [0.1, 0.15) is 19.3 Å². The van der Waals surface area contributed by atoms with Crippen LogP contribution < -0.4 is 10.9 Å². The van der Waals surface area contributed by atoms with Gasteiger partial charge in [0.2, 0.25) is 10.9 Å². The zero-order valence-corrected chi connectivity index (χ0v) is 18.5. The number of rotatable bonds is 6. The number of aromatic nitrogens is 3. The van der Waals surface area contributed by atoms with Crippen LogP contribution in [0, 0.1) is 10.7 Å². The van der Waals surface area contributed by atoms with Gasteiger partial charge < -0.3 is 9.64 Å². The van der Waals surface area contributed by atoms with Crippen molar-refractivity contribution in [1.82, 2.24) is 23.8 Å². The number of hydrogen-bond donors (Lipinski definition) is 2. The van der Waals surface area contributed by atoms with E-state index in [0.29, 0.717) is 34.1 Å². The lowest BCUT2D eigenvalue weighted by Crippen LogP contribution is -2.48. The summed E-state index contributed by atoms with van der Waals surface area (Å²) in [6.07, 6.45) is 3.69. The third-order valence-corrected chi connectivity index (χ3v) is 6.86. The van der Waals surface area contributed by atoms with Crippen LogP contribution in [0.5, 0.6) is 0 Å². The quantitative estimate of drug-likeness (QED) is 0.558. The third-order valence-electron chi connectivity index (χ3n) is 6.57. The fourth-order valence-electron chi connectivity index (χ4n) is 4.90. The summed E-state index contributed by atoms with van der Waals surface area (Å²) in [5.41, 5.74) is -0.297. The van der Waals surface area contributed by atoms with Crippen molar-refractivity contribution in [2.24, 2.45) is 0 Å². The van der Waals surface area contributed by atoms with Gasteiger partial charge in [-0.25, -0.2) is 9.30 Å². The minimum Gasteiger partial charge on any atom is -0.377 e. The van der Waals surface area contributed by atoms with E-state index in [4.69, 9.17) is 4.74 Å². The molecule has 3 heterocycles. The van der Waals surface area contributed by atoms with Gasteiger partial charge in [-0.15, -0.1) is 0 Å². The molecule has 0 amide bonds. The van der Waals surface area contributed by atoms with E-state index in [1.807, 2.05) is 0 Å². The Morgan fingerprint density at radius 2 is 1.65 bits per heavy atom. The molecular weight excluding hydrogens is 414 g/mol. The normalized spacial score (nSPS) is 20.9. The zero-order chi connectivity index (χ0) is 21.4. The summed E-state index contributed by atoms with van der Waals surface area (Å²) >= 11 is 4.37. The predicted molar refractivity (Wildman–Crippen MR) is 123 cm³/mol. The lowest BCUT2D eigenvalue weighted by molar-refractivity contribution is 0.0500. The lowest BCUT2D eigenvalue weighted by atomic mass is 10.1. The van der Waals surface area contributed by atoms with E-state index in [0.717, 1.165) is 52.3 Å². The van der Waals surface area contributed by atoms with Crippen molar-refractivity contribution >= 4 is 23.6 Å². The fourth-order valence-corrected chi connectivity index (χ4v) is 5.19. The van der Waals surface area contributed by atoms with Crippen LogP contribution in [0.15, 0.2) is 33.9 Å². The Morgan fingerprint density at radius 3 is 2.32 bits per heavy atom. The molecule has 1 aromatic rings. The third kappa shape index (κ3) is 4.07. The molecule has 8 nitrogen and oxygen atoms in total. The molecule has 3 aliphatic heterocycles. The molecule has 2 saturated heterocycles. The fraction of sp³-hybridized carbons (Fsp3) is 0.545. The monoisotopic (exact) mass is 443 g/mol. The van der Waals surface area contributed by atoms with Crippen molar-refractivity contribution in [2.75, 3.05) is 45.9 Å². The standard InChI is InChI=1S/C22H29N5O3S/c28-21-17-6-1-2-7-18(17)22(29)20-19(21)26(23-27(20)31)9-4-8-24-10-12-25(13-11-24)15-16-5-3-14-30-16/h1-2,6-7,16,23,31H,3-5,8-15H2. The van der Waals surface area contributed by atoms with E-state index in [1.165, 1.54) is 16.9 Å². The van der Waals surface area contributed by atoms with Gasteiger partial charge in [0.05, 0.1) is 6.10 Å². The van der Waals surface area contributed by atoms with E-state index in [-0.39, 0.29) is 10.9 Å². The van der Waals surface area contributed by atoms with Gasteiger partial charge in [0.15, 0.2) is 0 Å². The Morgan fingerprint density at radius 1 is 0.968 bits per heavy atom. The number of nitrogens with one attached hydrogen (secondary N) is 1. The van der Waals surface area contributed by atoms with Crippen LogP contribution in [0.2, 0.25) is 0 Å². The van der Waals surface area contributed by atoms with Crippen molar-refractivity contribution in [1.29, 1.82) is 0 Å². The van der Waals surface area contributed by atoms with Gasteiger partial charge in [-0.05, 0) is 38.6 Å². The minimum absolute atomic E-state index is 0.128. The number of nitrogens with zero attached hydrogens (tertiary/aromatic N) is 4. The number of ether oxygens (including phenoxy) is 1. The average Bonchev–Trinajstić information content (AvgIpc) is 3.41. The van der Waals surface area contributed by atoms with Gasteiger partial charge in [-0.2, -0.15) is 0 Å². The zero-order valence-electron chi connectivity index (χ0n) is 17.6. The predicted octanol–water partition coefficient (Wildman–Crippen LogP) is 1.10. The number of aromatic amines is 1. The number of hydrogen-bond acceptors (Lipinski definition) is 6. The molecule has 166 valence electrons. The first-order chi connectivity index (χ1) is 15.1. The van der Waals surface area contributed by atoms with E-state index in [2.05, 4.69) is 27.8 Å². The number of benzene rings is 1. The highest BCUT2D eigenvalue weighted by atomic mass is 32.1. The second kappa shape index (κ2) is 8.82. The summed E-state index contributed by atoms with van der Waals surface area (Å²) in [4.78, 5) is 30.9. The summed E-state index contributed by atoms with van der Waals surface area (Å²) < 4.78 is 8.90. The molecular formula is C22H29N5O3S. The van der Waals surface area contributed by atoms with Crippen LogP contribution >= 0.6 is 12.8 Å². The molecule has 31 heavy (non-hydrogen) atoms. The van der Waals surface area contributed by atoms with Crippen molar-refractivity contribution in [3.05, 3.63) is 55.4 Å². The molecule has 1 atom stereocenters. The van der Waals surface area contributed by atoms with Crippen LogP contribution in [0.3, 0.4) is 0 Å². The second-order valence-corrected chi connectivity index (χ2v) is 9.00. The van der Waals surface area contributed by atoms with E-state index >= 15 is 0 Å². The molecule has 1 N–H and O–H groups in total. The van der Waals surface area contributed by atoms with Crippen LogP contribution in [-0.2, 0) is 11.3 Å². The summed E-state index contributed by atoms with van der Waals surface area (Å²) in [5, 5.41) is 4.67. The highest BCUT2D eigenvalue weighted by Gasteiger charge is 2.22. The highest BCUT2D eigenvalue weighted by Crippen LogP contribution is 2.14. The van der Waals surface area contributed by atoms with E-state index in [9.17, 15) is 9.59 Å². The van der Waals surface area contributed by atoms with Gasteiger partial charge >= 0.3 is 0 Å². The Labute approximate surface area is 185 Å². The number of thiol groups is 1. The smallest absolute Gasteiger partial charge is 0.215 e. The molecule has 9 heteroatoms. The highest BCUT2D eigenvalue weighted by molar-refractivity contribution is 7.78. The van der Waals surface area contributed by atoms with Gasteiger partial charge in [0.25, 0.3) is 0 Å². The first-order valence-electron chi connectivity index (χ1n) is 11.1. The van der Waals surface area contributed by atoms with Crippen molar-refractivity contribution in [2.45, 2.75) is 31.9 Å². The average molecular weight is 444 g/mol. The molecule has 1 aliphatic carbocycles. The minimum atomic E-state index is -0.169. The van der Waals surface area contributed by atoms with Crippen molar-refractivity contribution in [3.8, 4) is 0 Å². The van der Waals surface area contributed by atoms with Crippen LogP contribution in [0.4, 0.5) is 0 Å². The molecule has 0 spiro atoms. The SMILES string of the molecule is O=c1c2n(S)[nH]n(CCCN3CCN(CC4CCCO4)CC3)c=2c(=O)c2ccccc12. The van der Waals surface area contributed by atoms with Crippen molar-refractivity contribution < 1.29 is 4.74 Å². The summed E-state index contributed by atoms with van der Waals surface area (Å²) in [6.45, 7) is 7.81. The van der Waals surface area contributed by atoms with Gasteiger partial charge in [0, 0.05) is 56.6 Å². The summed E-state index contributed by atoms with van der Waals surface area (Å²) in [6, 6.07) is 6.98. The van der Waals surface area contributed by atoms with Gasteiger partial charge in [-0.1, -0.05) is 24.3 Å². The molecule has 4 aliphatic rings. The molecule has 5 rings (SSSR count). The Bertz CT molecular complexity index is 1230. The molecule has 0 radical (unpaired) electrons. The topological polar surface area (TPSA) is 75.5 Å². The molecule has 1 unspecified atom stereocenters. The molecule has 1 aromatic carbocycles. The van der Waals surface area contributed by atoms with Crippen LogP contribution in [-0.4, -0.2) is 75.8 Å². The number of fused-ring (bicyclic) bond motifs is 1. The lowest BCUT2D eigenvalue weighted by Gasteiger charge is -2.35. The largest absolute Gasteiger partial charge is 0.377 e. The molecule has 0 saturated carbocycles. The maximum Gasteiger partial charge on any atom is 0.215 e. The number of piperazine rings is 1. The molecule has 2 fully saturated rings. The van der Waals surface area contributed by atoms with Gasteiger partial charge in [0.1, 0.15) is 10.7 Å². The number of H-pyrrole nitrogens is 1. The first kappa shape index (κ1) is 20.8. The maximum atomic E-state index is 13.1. The molecule has 0 aromatic heterocycles. The first-order valence-corrected chi connectivity index (χ1v) is 11.5. The summed E-state index contributed by atoms with van der Waals surface area (Å²) in [7, 11) is 0.